The van der Waals surface area contributed by atoms with Crippen LogP contribution in [0.5, 0.6) is 0 Å². The summed E-state index contributed by atoms with van der Waals surface area (Å²) < 4.78 is 15.6. The number of aromatic nitrogens is 3. The van der Waals surface area contributed by atoms with Crippen LogP contribution in [0.4, 0.5) is 5.82 Å². The maximum absolute atomic E-state index is 12.1. The number of carbonyl (C=O) groups excluding carboxylic acids is 2. The zero-order valence-corrected chi connectivity index (χ0v) is 14.2. The van der Waals surface area contributed by atoms with Crippen molar-refractivity contribution in [2.45, 2.75) is 20.5 Å². The number of nitrogens with zero attached hydrogens (tertiary/aromatic N) is 3. The van der Waals surface area contributed by atoms with E-state index in [1.54, 1.807) is 32.2 Å². The molecule has 2 N–H and O–H groups in total. The molecule has 0 aliphatic heterocycles. The molecule has 0 bridgehead atoms. The normalized spacial score (nSPS) is 10.7. The summed E-state index contributed by atoms with van der Waals surface area (Å²) in [6.07, 6.45) is 2.94. The summed E-state index contributed by atoms with van der Waals surface area (Å²) in [6, 6.07) is 3.20. The van der Waals surface area contributed by atoms with Crippen molar-refractivity contribution < 1.29 is 23.5 Å². The molecule has 9 heteroatoms. The zero-order chi connectivity index (χ0) is 18.7. The molecule has 3 aromatic rings. The Kier molecular flexibility index (Phi) is 4.78. The number of fused-ring (bicyclic) bond motifs is 1. The molecule has 0 amide bonds. The highest BCUT2D eigenvalue weighted by atomic mass is 16.5. The van der Waals surface area contributed by atoms with Gasteiger partial charge in [-0.05, 0) is 26.0 Å². The average molecular weight is 356 g/mol. The quantitative estimate of drug-likeness (QED) is 0.682. The summed E-state index contributed by atoms with van der Waals surface area (Å²) in [5, 5.41) is 0.281. The molecule has 3 heterocycles. The largest absolute Gasteiger partial charge is 0.462 e. The van der Waals surface area contributed by atoms with E-state index in [-0.39, 0.29) is 41.5 Å². The number of furan rings is 1. The molecule has 0 saturated carbocycles. The van der Waals surface area contributed by atoms with E-state index in [0.29, 0.717) is 11.3 Å². The van der Waals surface area contributed by atoms with Crippen molar-refractivity contribution in [3.8, 4) is 0 Å². The van der Waals surface area contributed by atoms with Crippen molar-refractivity contribution in [2.24, 2.45) is 0 Å². The van der Waals surface area contributed by atoms with Gasteiger partial charge in [0.15, 0.2) is 12.4 Å². The standard InChI is InChI=1S/C17H16N4O5/c1-3-24-17(23)12-9(2)26-15-13(12)14(18)20-11(21-15)8-25-16(22)10-5-4-6-19-7-10/h4-7H,3,8H2,1-2H3,(H2,18,20,21). The number of esters is 2. The number of carbonyl (C=O) groups is 2. The molecule has 0 unspecified atom stereocenters. The molecule has 0 atom stereocenters. The molecule has 3 rings (SSSR count). The fourth-order valence-corrected chi connectivity index (χ4v) is 2.39. The number of pyridine rings is 1. The van der Waals surface area contributed by atoms with Crippen LogP contribution in [0.1, 0.15) is 39.2 Å². The van der Waals surface area contributed by atoms with Gasteiger partial charge in [-0.3, -0.25) is 4.98 Å². The van der Waals surface area contributed by atoms with Gasteiger partial charge in [0, 0.05) is 12.4 Å². The maximum atomic E-state index is 12.1. The summed E-state index contributed by atoms with van der Waals surface area (Å²) in [5.74, 6) is -0.610. The molecule has 0 aromatic carbocycles. The Morgan fingerprint density at radius 1 is 1.23 bits per heavy atom. The molecule has 0 spiro atoms. The third-order valence-electron chi connectivity index (χ3n) is 3.51. The van der Waals surface area contributed by atoms with E-state index in [4.69, 9.17) is 19.6 Å². The average Bonchev–Trinajstić information content (AvgIpc) is 2.97. The van der Waals surface area contributed by atoms with E-state index in [1.165, 1.54) is 6.20 Å². The van der Waals surface area contributed by atoms with E-state index in [0.717, 1.165) is 0 Å². The number of rotatable bonds is 5. The van der Waals surface area contributed by atoms with E-state index < -0.39 is 11.9 Å². The van der Waals surface area contributed by atoms with Crippen molar-refractivity contribution in [3.63, 3.8) is 0 Å². The smallest absolute Gasteiger partial charge is 0.342 e. The van der Waals surface area contributed by atoms with Gasteiger partial charge in [0.1, 0.15) is 17.1 Å². The van der Waals surface area contributed by atoms with E-state index >= 15 is 0 Å². The molecule has 3 aromatic heterocycles. The van der Waals surface area contributed by atoms with Gasteiger partial charge in [-0.2, -0.15) is 4.98 Å². The topological polar surface area (TPSA) is 130 Å². The molecular weight excluding hydrogens is 340 g/mol. The molecule has 0 fully saturated rings. The van der Waals surface area contributed by atoms with Gasteiger partial charge >= 0.3 is 11.9 Å². The van der Waals surface area contributed by atoms with Crippen molar-refractivity contribution >= 4 is 28.9 Å². The van der Waals surface area contributed by atoms with Crippen LogP contribution >= 0.6 is 0 Å². The summed E-state index contributed by atoms with van der Waals surface area (Å²) in [6.45, 7) is 3.32. The van der Waals surface area contributed by atoms with Gasteiger partial charge in [-0.15, -0.1) is 0 Å². The Morgan fingerprint density at radius 2 is 2.04 bits per heavy atom. The Morgan fingerprint density at radius 3 is 2.73 bits per heavy atom. The highest BCUT2D eigenvalue weighted by Gasteiger charge is 2.24. The van der Waals surface area contributed by atoms with Gasteiger partial charge < -0.3 is 19.6 Å². The fourth-order valence-electron chi connectivity index (χ4n) is 2.39. The predicted octanol–water partition coefficient (Wildman–Crippen LogP) is 2.04. The number of hydrogen-bond acceptors (Lipinski definition) is 9. The molecule has 0 radical (unpaired) electrons. The Hall–Kier alpha value is -3.49. The Bertz CT molecular complexity index is 968. The first-order valence-electron chi connectivity index (χ1n) is 7.81. The van der Waals surface area contributed by atoms with Crippen molar-refractivity contribution in [2.75, 3.05) is 12.3 Å². The minimum absolute atomic E-state index is 0.0438. The van der Waals surface area contributed by atoms with Crippen LogP contribution in [0.25, 0.3) is 11.1 Å². The molecule has 9 nitrogen and oxygen atoms in total. The van der Waals surface area contributed by atoms with E-state index in [2.05, 4.69) is 15.0 Å². The molecule has 134 valence electrons. The van der Waals surface area contributed by atoms with Crippen LogP contribution in [0.2, 0.25) is 0 Å². The van der Waals surface area contributed by atoms with Crippen LogP contribution in [0, 0.1) is 6.92 Å². The van der Waals surface area contributed by atoms with Crippen LogP contribution in [0.15, 0.2) is 28.9 Å². The molecule has 0 aliphatic rings. The van der Waals surface area contributed by atoms with Crippen molar-refractivity contribution in [3.05, 3.63) is 47.2 Å². The van der Waals surface area contributed by atoms with Crippen molar-refractivity contribution in [1.82, 2.24) is 15.0 Å². The minimum atomic E-state index is -0.566. The van der Waals surface area contributed by atoms with E-state index in [1.807, 2.05) is 0 Å². The lowest BCUT2D eigenvalue weighted by Gasteiger charge is -2.05. The number of aryl methyl sites for hydroxylation is 1. The first kappa shape index (κ1) is 17.3. The number of hydrogen-bond donors (Lipinski definition) is 1. The fraction of sp³-hybridized carbons (Fsp3) is 0.235. The zero-order valence-electron chi connectivity index (χ0n) is 14.2. The lowest BCUT2D eigenvalue weighted by Crippen LogP contribution is -2.10. The van der Waals surface area contributed by atoms with Gasteiger partial charge in [-0.25, -0.2) is 14.6 Å². The SMILES string of the molecule is CCOC(=O)c1c(C)oc2nc(COC(=O)c3cccnc3)nc(N)c12. The summed E-state index contributed by atoms with van der Waals surface area (Å²) in [5.41, 5.74) is 6.58. The first-order valence-corrected chi connectivity index (χ1v) is 7.81. The summed E-state index contributed by atoms with van der Waals surface area (Å²) >= 11 is 0. The number of nitrogen functional groups attached to an aromatic ring is 1. The molecule has 0 saturated heterocycles. The third-order valence-corrected chi connectivity index (χ3v) is 3.51. The Balaban J connectivity index is 1.85. The van der Waals surface area contributed by atoms with Crippen LogP contribution in [-0.4, -0.2) is 33.5 Å². The number of anilines is 1. The predicted molar refractivity (Wildman–Crippen MR) is 90.3 cm³/mol. The first-order chi connectivity index (χ1) is 12.5. The molecule has 26 heavy (non-hydrogen) atoms. The van der Waals surface area contributed by atoms with Gasteiger partial charge in [0.05, 0.1) is 17.6 Å². The second-order valence-corrected chi connectivity index (χ2v) is 5.28. The lowest BCUT2D eigenvalue weighted by molar-refractivity contribution is 0.0460. The molecule has 0 aliphatic carbocycles. The highest BCUT2D eigenvalue weighted by molar-refractivity contribution is 6.07. The monoisotopic (exact) mass is 356 g/mol. The van der Waals surface area contributed by atoms with Gasteiger partial charge in [-0.1, -0.05) is 0 Å². The molecular formula is C17H16N4O5. The second kappa shape index (κ2) is 7.18. The summed E-state index contributed by atoms with van der Waals surface area (Å²) in [7, 11) is 0. The van der Waals surface area contributed by atoms with Crippen LogP contribution < -0.4 is 5.73 Å². The van der Waals surface area contributed by atoms with Crippen LogP contribution in [-0.2, 0) is 16.1 Å². The van der Waals surface area contributed by atoms with Gasteiger partial charge in [0.25, 0.3) is 0 Å². The third kappa shape index (κ3) is 3.32. The second-order valence-electron chi connectivity index (χ2n) is 5.28. The highest BCUT2D eigenvalue weighted by Crippen LogP contribution is 2.29. The van der Waals surface area contributed by atoms with Crippen molar-refractivity contribution in [1.29, 1.82) is 0 Å². The van der Waals surface area contributed by atoms with Crippen LogP contribution in [0.3, 0.4) is 0 Å². The van der Waals surface area contributed by atoms with Gasteiger partial charge in [0.2, 0.25) is 5.71 Å². The number of ether oxygens (including phenoxy) is 2. The van der Waals surface area contributed by atoms with E-state index in [9.17, 15) is 9.59 Å². The summed E-state index contributed by atoms with van der Waals surface area (Å²) in [4.78, 5) is 36.1. The minimum Gasteiger partial charge on any atom is -0.462 e. The number of nitrogens with two attached hydrogens (primary N) is 1. The Labute approximate surface area is 148 Å². The maximum Gasteiger partial charge on any atom is 0.342 e. The lowest BCUT2D eigenvalue weighted by atomic mass is 10.2.